The van der Waals surface area contributed by atoms with Gasteiger partial charge in [-0.15, -0.1) is 0 Å². The monoisotopic (exact) mass is 479 g/mol. The molecule has 182 valence electrons. The maximum Gasteiger partial charge on any atom is 0.490 e. The van der Waals surface area contributed by atoms with Crippen LogP contribution in [0.15, 0.2) is 36.8 Å². The number of nitrogens with zero attached hydrogens (tertiary/aromatic N) is 4. The highest BCUT2D eigenvalue weighted by atomic mass is 19.4. The standard InChI is InChI=1S/C20H23N5O2.C2HF3O2/c1-13-14(2)24-19(23-13)18-10-15(5-6-22-18)16-9-17(12-21-11-16)20(26)25(3)7-8-27-4;3-2(4,5)1(6)7/h5-6,9-12H,7-8H2,1-4H3,(H,23,24);(H,6,7). The Bertz CT molecular complexity index is 1130. The number of carbonyl (C=O) groups excluding carboxylic acids is 1. The summed E-state index contributed by atoms with van der Waals surface area (Å²) in [6.07, 6.45) is -0.0305. The molecule has 9 nitrogen and oxygen atoms in total. The lowest BCUT2D eigenvalue weighted by Crippen LogP contribution is -2.30. The van der Waals surface area contributed by atoms with Crippen molar-refractivity contribution < 1.29 is 32.6 Å². The summed E-state index contributed by atoms with van der Waals surface area (Å²) in [4.78, 5) is 39.5. The molecule has 0 aliphatic carbocycles. The van der Waals surface area contributed by atoms with E-state index in [9.17, 15) is 18.0 Å². The Hall–Kier alpha value is -3.80. The number of aryl methyl sites for hydroxylation is 2. The van der Waals surface area contributed by atoms with Crippen molar-refractivity contribution in [2.24, 2.45) is 0 Å². The van der Waals surface area contributed by atoms with Crippen LogP contribution >= 0.6 is 0 Å². The molecule has 0 atom stereocenters. The molecule has 12 heteroatoms. The van der Waals surface area contributed by atoms with E-state index in [2.05, 4.69) is 19.9 Å². The Morgan fingerprint density at radius 2 is 1.85 bits per heavy atom. The van der Waals surface area contributed by atoms with E-state index in [0.29, 0.717) is 18.7 Å². The van der Waals surface area contributed by atoms with Crippen molar-refractivity contribution in [2.45, 2.75) is 20.0 Å². The summed E-state index contributed by atoms with van der Waals surface area (Å²) in [5.41, 5.74) is 5.03. The number of likely N-dealkylation sites (N-methyl/N-ethyl adjacent to an activating group) is 1. The van der Waals surface area contributed by atoms with Gasteiger partial charge in [0.15, 0.2) is 5.82 Å². The summed E-state index contributed by atoms with van der Waals surface area (Å²) < 4.78 is 36.8. The molecule has 3 aromatic rings. The minimum atomic E-state index is -5.08. The minimum absolute atomic E-state index is 0.0898. The number of aliphatic carboxylic acids is 1. The minimum Gasteiger partial charge on any atom is -0.475 e. The van der Waals surface area contributed by atoms with Gasteiger partial charge in [-0.05, 0) is 37.6 Å². The summed E-state index contributed by atoms with van der Waals surface area (Å²) in [6, 6.07) is 5.68. The predicted molar refractivity (Wildman–Crippen MR) is 117 cm³/mol. The van der Waals surface area contributed by atoms with Crippen molar-refractivity contribution in [3.8, 4) is 22.6 Å². The van der Waals surface area contributed by atoms with E-state index in [1.165, 1.54) is 0 Å². The lowest BCUT2D eigenvalue weighted by molar-refractivity contribution is -0.192. The summed E-state index contributed by atoms with van der Waals surface area (Å²) in [5.74, 6) is -2.12. The highest BCUT2D eigenvalue weighted by Gasteiger charge is 2.38. The molecule has 0 saturated carbocycles. The Kier molecular flexibility index (Phi) is 8.84. The van der Waals surface area contributed by atoms with Crippen LogP contribution in [-0.2, 0) is 9.53 Å². The fraction of sp³-hybridized carbons (Fsp3) is 0.318. The number of nitrogens with one attached hydrogen (secondary N) is 1. The van der Waals surface area contributed by atoms with Crippen LogP contribution in [0.2, 0.25) is 0 Å². The quantitative estimate of drug-likeness (QED) is 0.555. The molecule has 0 fully saturated rings. The fourth-order valence-corrected chi connectivity index (χ4v) is 2.67. The first-order valence-electron chi connectivity index (χ1n) is 9.93. The second-order valence-electron chi connectivity index (χ2n) is 7.21. The van der Waals surface area contributed by atoms with Gasteiger partial charge in [0.25, 0.3) is 5.91 Å². The zero-order valence-electron chi connectivity index (χ0n) is 19.0. The molecule has 0 spiro atoms. The molecular formula is C22H24F3N5O4. The second kappa shape index (κ2) is 11.4. The van der Waals surface area contributed by atoms with Crippen LogP contribution in [0.25, 0.3) is 22.6 Å². The van der Waals surface area contributed by atoms with E-state index in [-0.39, 0.29) is 5.91 Å². The van der Waals surface area contributed by atoms with Crippen LogP contribution in [0.3, 0.4) is 0 Å². The van der Waals surface area contributed by atoms with E-state index in [1.54, 1.807) is 37.6 Å². The number of aromatic nitrogens is 4. The van der Waals surface area contributed by atoms with Gasteiger partial charge in [-0.1, -0.05) is 0 Å². The van der Waals surface area contributed by atoms with E-state index >= 15 is 0 Å². The lowest BCUT2D eigenvalue weighted by Gasteiger charge is -2.16. The van der Waals surface area contributed by atoms with Gasteiger partial charge in [0.05, 0.1) is 17.9 Å². The van der Waals surface area contributed by atoms with Gasteiger partial charge >= 0.3 is 12.1 Å². The SMILES string of the molecule is COCCN(C)C(=O)c1cncc(-c2ccnc(-c3nc(C)c(C)[nH]3)c2)c1.O=C(O)C(F)(F)F. The summed E-state index contributed by atoms with van der Waals surface area (Å²) in [7, 11) is 3.36. The van der Waals surface area contributed by atoms with E-state index in [4.69, 9.17) is 14.6 Å². The van der Waals surface area contributed by atoms with Crippen LogP contribution in [0, 0.1) is 13.8 Å². The van der Waals surface area contributed by atoms with E-state index in [0.717, 1.165) is 34.0 Å². The molecule has 0 aliphatic heterocycles. The number of amides is 1. The third kappa shape index (κ3) is 7.10. The number of halogens is 3. The number of H-pyrrole nitrogens is 1. The van der Waals surface area contributed by atoms with Crippen molar-refractivity contribution in [3.05, 3.63) is 53.7 Å². The van der Waals surface area contributed by atoms with Gasteiger partial charge in [0.1, 0.15) is 5.69 Å². The average Bonchev–Trinajstić information content (AvgIpc) is 3.15. The van der Waals surface area contributed by atoms with Gasteiger partial charge in [-0.2, -0.15) is 13.2 Å². The molecule has 2 N–H and O–H groups in total. The van der Waals surface area contributed by atoms with Crippen molar-refractivity contribution in [2.75, 3.05) is 27.3 Å². The van der Waals surface area contributed by atoms with E-state index in [1.807, 2.05) is 32.0 Å². The molecule has 0 aromatic carbocycles. The third-order valence-electron chi connectivity index (χ3n) is 4.67. The van der Waals surface area contributed by atoms with Crippen molar-refractivity contribution >= 4 is 11.9 Å². The molecule has 3 heterocycles. The summed E-state index contributed by atoms with van der Waals surface area (Å²) in [5, 5.41) is 7.12. The van der Waals surface area contributed by atoms with Crippen molar-refractivity contribution in [3.63, 3.8) is 0 Å². The number of pyridine rings is 2. The first-order chi connectivity index (χ1) is 15.9. The molecule has 34 heavy (non-hydrogen) atoms. The highest BCUT2D eigenvalue weighted by molar-refractivity contribution is 5.95. The number of imidazole rings is 1. The Labute approximate surface area is 193 Å². The van der Waals surface area contributed by atoms with Crippen molar-refractivity contribution in [1.82, 2.24) is 24.8 Å². The van der Waals surface area contributed by atoms with Gasteiger partial charge in [0, 0.05) is 50.6 Å². The zero-order valence-corrected chi connectivity index (χ0v) is 19.0. The first kappa shape index (κ1) is 26.5. The van der Waals surface area contributed by atoms with Gasteiger partial charge in [-0.25, -0.2) is 9.78 Å². The fourth-order valence-electron chi connectivity index (χ4n) is 2.67. The number of hydrogen-bond acceptors (Lipinski definition) is 6. The molecule has 0 saturated heterocycles. The molecule has 0 aliphatic rings. The number of carboxylic acids is 1. The topological polar surface area (TPSA) is 121 Å². The second-order valence-corrected chi connectivity index (χ2v) is 7.21. The maximum atomic E-state index is 12.6. The summed E-state index contributed by atoms with van der Waals surface area (Å²) in [6.45, 7) is 4.95. The number of methoxy groups -OCH3 is 1. The van der Waals surface area contributed by atoms with Crippen LogP contribution in [0.5, 0.6) is 0 Å². The number of aromatic amines is 1. The van der Waals surface area contributed by atoms with Crippen LogP contribution in [0.4, 0.5) is 13.2 Å². The number of carbonyl (C=O) groups is 2. The number of ether oxygens (including phenoxy) is 1. The van der Waals surface area contributed by atoms with Gasteiger partial charge < -0.3 is 19.7 Å². The smallest absolute Gasteiger partial charge is 0.475 e. The molecular weight excluding hydrogens is 455 g/mol. The number of rotatable bonds is 6. The van der Waals surface area contributed by atoms with Crippen LogP contribution < -0.4 is 0 Å². The van der Waals surface area contributed by atoms with E-state index < -0.39 is 12.1 Å². The third-order valence-corrected chi connectivity index (χ3v) is 4.67. The largest absolute Gasteiger partial charge is 0.490 e. The number of hydrogen-bond donors (Lipinski definition) is 2. The number of carboxylic acid groups (broad SMARTS) is 1. The van der Waals surface area contributed by atoms with Crippen LogP contribution in [-0.4, -0.2) is 75.3 Å². The molecule has 1 amide bonds. The molecule has 0 radical (unpaired) electrons. The molecule has 3 aromatic heterocycles. The Balaban J connectivity index is 0.000000509. The lowest BCUT2D eigenvalue weighted by atomic mass is 10.1. The van der Waals surface area contributed by atoms with Crippen LogP contribution in [0.1, 0.15) is 21.7 Å². The first-order valence-corrected chi connectivity index (χ1v) is 9.93. The number of alkyl halides is 3. The Morgan fingerprint density at radius 3 is 2.41 bits per heavy atom. The normalized spacial score (nSPS) is 10.9. The van der Waals surface area contributed by atoms with Crippen molar-refractivity contribution in [1.29, 1.82) is 0 Å². The van der Waals surface area contributed by atoms with Gasteiger partial charge in [0.2, 0.25) is 0 Å². The predicted octanol–water partition coefficient (Wildman–Crippen LogP) is 3.50. The highest BCUT2D eigenvalue weighted by Crippen LogP contribution is 2.24. The molecule has 3 rings (SSSR count). The Morgan fingerprint density at radius 1 is 1.18 bits per heavy atom. The maximum absolute atomic E-state index is 12.6. The zero-order chi connectivity index (χ0) is 25.5. The molecule has 0 bridgehead atoms. The van der Waals surface area contributed by atoms with Gasteiger partial charge in [-0.3, -0.25) is 14.8 Å². The summed E-state index contributed by atoms with van der Waals surface area (Å²) >= 11 is 0. The average molecular weight is 479 g/mol. The molecule has 0 unspecified atom stereocenters.